The Labute approximate surface area is 217 Å². The first kappa shape index (κ1) is 29.1. The van der Waals surface area contributed by atoms with Crippen LogP contribution in [0.2, 0.25) is 0 Å². The maximum atomic E-state index is 12.2. The summed E-state index contributed by atoms with van der Waals surface area (Å²) in [6.07, 6.45) is -6.13. The average Bonchev–Trinajstić information content (AvgIpc) is 2.80. The summed E-state index contributed by atoms with van der Waals surface area (Å²) in [7, 11) is 0. The minimum absolute atomic E-state index is 0.0169. The second-order valence-electron chi connectivity index (χ2n) is 8.81. The monoisotopic (exact) mass is 542 g/mol. The molecule has 2 saturated heterocycles. The van der Waals surface area contributed by atoms with E-state index in [-0.39, 0.29) is 18.6 Å². The van der Waals surface area contributed by atoms with E-state index in [1.54, 1.807) is 0 Å². The van der Waals surface area contributed by atoms with Crippen LogP contribution in [0.4, 0.5) is 0 Å². The SMILES string of the molecule is C=CC1C(OC2OC(COC(C)=O)C(OC(C)=O)C(OC(C)=O)C2OC(C)=O)OC=C2C(=O)OCC[C@]21O. The maximum absolute atomic E-state index is 12.2. The topological polar surface area (TPSA) is 179 Å². The van der Waals surface area contributed by atoms with Crippen molar-refractivity contribution in [3.63, 3.8) is 0 Å². The summed E-state index contributed by atoms with van der Waals surface area (Å²) in [6, 6.07) is 0. The number of cyclic esters (lactones) is 1. The summed E-state index contributed by atoms with van der Waals surface area (Å²) in [5, 5.41) is 11.3. The van der Waals surface area contributed by atoms with Gasteiger partial charge >= 0.3 is 29.8 Å². The van der Waals surface area contributed by atoms with Gasteiger partial charge in [-0.25, -0.2) is 4.79 Å². The molecule has 0 spiro atoms. The van der Waals surface area contributed by atoms with Crippen molar-refractivity contribution in [3.05, 3.63) is 24.5 Å². The van der Waals surface area contributed by atoms with E-state index in [1.165, 1.54) is 6.08 Å². The first-order valence-electron chi connectivity index (χ1n) is 11.7. The predicted molar refractivity (Wildman–Crippen MR) is 120 cm³/mol. The van der Waals surface area contributed by atoms with Crippen molar-refractivity contribution < 1.29 is 67.0 Å². The summed E-state index contributed by atoms with van der Waals surface area (Å²) in [6.45, 7) is 7.61. The van der Waals surface area contributed by atoms with Gasteiger partial charge in [-0.05, 0) is 0 Å². The third-order valence-corrected chi connectivity index (χ3v) is 6.04. The molecule has 8 atom stereocenters. The molecule has 210 valence electrons. The van der Waals surface area contributed by atoms with Crippen LogP contribution in [0.5, 0.6) is 0 Å². The number of carbonyl (C=O) groups is 5. The third kappa shape index (κ3) is 6.31. The zero-order valence-electron chi connectivity index (χ0n) is 21.3. The largest absolute Gasteiger partial charge is 0.471 e. The number of aliphatic hydroxyl groups is 1. The molecule has 0 saturated carbocycles. The number of hydrogen-bond donors (Lipinski definition) is 1. The fourth-order valence-electron chi connectivity index (χ4n) is 4.48. The van der Waals surface area contributed by atoms with E-state index in [9.17, 15) is 29.1 Å². The van der Waals surface area contributed by atoms with Gasteiger partial charge in [0.1, 0.15) is 23.9 Å². The van der Waals surface area contributed by atoms with Crippen LogP contribution in [0.25, 0.3) is 0 Å². The highest BCUT2D eigenvalue weighted by Crippen LogP contribution is 2.42. The lowest BCUT2D eigenvalue weighted by Crippen LogP contribution is -2.64. The Bertz CT molecular complexity index is 1000. The second kappa shape index (κ2) is 11.9. The van der Waals surface area contributed by atoms with Gasteiger partial charge in [-0.2, -0.15) is 0 Å². The quantitative estimate of drug-likeness (QED) is 0.242. The zero-order chi connectivity index (χ0) is 28.2. The van der Waals surface area contributed by atoms with E-state index in [2.05, 4.69) is 6.58 Å². The van der Waals surface area contributed by atoms with E-state index in [4.69, 9.17) is 37.9 Å². The molecule has 1 N–H and O–H groups in total. The van der Waals surface area contributed by atoms with Crippen LogP contribution in [0.1, 0.15) is 34.1 Å². The van der Waals surface area contributed by atoms with Crippen molar-refractivity contribution in [2.75, 3.05) is 13.2 Å². The van der Waals surface area contributed by atoms with Gasteiger partial charge in [0.25, 0.3) is 0 Å². The van der Waals surface area contributed by atoms with Gasteiger partial charge < -0.3 is 43.0 Å². The summed E-state index contributed by atoms with van der Waals surface area (Å²) in [5.41, 5.74) is -1.88. The normalized spacial score (nSPS) is 34.3. The number of rotatable bonds is 8. The Balaban J connectivity index is 1.99. The Hall–Kier alpha value is -3.49. The number of esters is 5. The number of carbonyl (C=O) groups excluding carboxylic acids is 5. The van der Waals surface area contributed by atoms with E-state index in [1.807, 2.05) is 0 Å². The molecular formula is C24H30O14. The molecule has 0 bridgehead atoms. The molecule has 0 radical (unpaired) electrons. The molecular weight excluding hydrogens is 512 g/mol. The van der Waals surface area contributed by atoms with Crippen LogP contribution < -0.4 is 0 Å². The molecule has 14 heteroatoms. The van der Waals surface area contributed by atoms with Crippen molar-refractivity contribution in [1.82, 2.24) is 0 Å². The van der Waals surface area contributed by atoms with Gasteiger partial charge in [0, 0.05) is 34.1 Å². The van der Waals surface area contributed by atoms with Gasteiger partial charge in [-0.1, -0.05) is 6.08 Å². The second-order valence-corrected chi connectivity index (χ2v) is 8.81. The van der Waals surface area contributed by atoms with E-state index in [0.717, 1.165) is 34.0 Å². The fraction of sp³-hybridized carbons (Fsp3) is 0.625. The highest BCUT2D eigenvalue weighted by molar-refractivity contribution is 5.91. The molecule has 0 aromatic rings. The van der Waals surface area contributed by atoms with Crippen LogP contribution in [0.15, 0.2) is 24.5 Å². The minimum Gasteiger partial charge on any atom is -0.471 e. The molecule has 0 amide bonds. The van der Waals surface area contributed by atoms with Crippen molar-refractivity contribution in [3.8, 4) is 0 Å². The fourth-order valence-corrected chi connectivity index (χ4v) is 4.48. The lowest BCUT2D eigenvalue weighted by Gasteiger charge is -2.47. The smallest absolute Gasteiger partial charge is 0.340 e. The lowest BCUT2D eigenvalue weighted by molar-refractivity contribution is -0.346. The Morgan fingerprint density at radius 1 is 1.00 bits per heavy atom. The Morgan fingerprint density at radius 3 is 2.18 bits per heavy atom. The van der Waals surface area contributed by atoms with Gasteiger partial charge in [0.2, 0.25) is 12.6 Å². The summed E-state index contributed by atoms with van der Waals surface area (Å²) in [4.78, 5) is 59.5. The van der Waals surface area contributed by atoms with E-state index < -0.39 is 85.0 Å². The van der Waals surface area contributed by atoms with Gasteiger partial charge in [-0.15, -0.1) is 6.58 Å². The minimum atomic E-state index is -1.75. The van der Waals surface area contributed by atoms with Crippen LogP contribution in [0, 0.1) is 5.92 Å². The standard InChI is InChI=1S/C24H30O14/c1-6-15-22(33-9-16-21(29)31-8-7-24(15,16)30)38-23-20(36-14(5)28)19(35-13(4)27)18(34-12(3)26)17(37-23)10-32-11(2)25/h6,9,15,17-20,22-23,30H,1,7-8,10H2,2-5H3/t15?,17?,18?,19?,20?,22?,23?,24-/m1/s1. The average molecular weight is 542 g/mol. The van der Waals surface area contributed by atoms with Gasteiger partial charge in [0.15, 0.2) is 18.3 Å². The molecule has 38 heavy (non-hydrogen) atoms. The first-order chi connectivity index (χ1) is 17.9. The molecule has 0 aromatic carbocycles. The first-order valence-corrected chi connectivity index (χ1v) is 11.7. The zero-order valence-corrected chi connectivity index (χ0v) is 21.3. The van der Waals surface area contributed by atoms with Gasteiger partial charge in [0.05, 0.1) is 18.8 Å². The molecule has 14 nitrogen and oxygen atoms in total. The summed E-state index contributed by atoms with van der Waals surface area (Å²) < 4.78 is 43.5. The number of fused-ring (bicyclic) bond motifs is 1. The number of hydrogen-bond acceptors (Lipinski definition) is 14. The summed E-state index contributed by atoms with van der Waals surface area (Å²) in [5.74, 6) is -4.87. The van der Waals surface area contributed by atoms with Crippen LogP contribution >= 0.6 is 0 Å². The highest BCUT2D eigenvalue weighted by atomic mass is 16.8. The van der Waals surface area contributed by atoms with E-state index >= 15 is 0 Å². The van der Waals surface area contributed by atoms with Crippen molar-refractivity contribution in [2.45, 2.75) is 76.7 Å². The maximum Gasteiger partial charge on any atom is 0.340 e. The molecule has 3 rings (SSSR count). The highest BCUT2D eigenvalue weighted by Gasteiger charge is 2.57. The molecule has 3 heterocycles. The molecule has 7 unspecified atom stereocenters. The van der Waals surface area contributed by atoms with Crippen molar-refractivity contribution >= 4 is 29.8 Å². The molecule has 3 aliphatic rings. The predicted octanol–water partition coefficient (Wildman–Crippen LogP) is -0.193. The third-order valence-electron chi connectivity index (χ3n) is 6.04. The van der Waals surface area contributed by atoms with Crippen molar-refractivity contribution in [2.24, 2.45) is 5.92 Å². The Morgan fingerprint density at radius 2 is 1.61 bits per heavy atom. The Kier molecular flexibility index (Phi) is 9.12. The van der Waals surface area contributed by atoms with Crippen LogP contribution in [-0.4, -0.2) is 90.8 Å². The molecule has 0 aromatic heterocycles. The van der Waals surface area contributed by atoms with Crippen LogP contribution in [0.3, 0.4) is 0 Å². The van der Waals surface area contributed by atoms with E-state index in [0.29, 0.717) is 0 Å². The molecule has 2 fully saturated rings. The molecule has 3 aliphatic heterocycles. The number of ether oxygens (including phenoxy) is 8. The lowest BCUT2D eigenvalue weighted by atomic mass is 9.76. The molecule has 0 aliphatic carbocycles. The van der Waals surface area contributed by atoms with Crippen molar-refractivity contribution in [1.29, 1.82) is 0 Å². The summed E-state index contributed by atoms with van der Waals surface area (Å²) >= 11 is 0. The van der Waals surface area contributed by atoms with Gasteiger partial charge in [-0.3, -0.25) is 19.2 Å². The van der Waals surface area contributed by atoms with Crippen LogP contribution in [-0.2, 0) is 61.9 Å².